The molecule has 3 rings (SSSR count). The van der Waals surface area contributed by atoms with Crippen molar-refractivity contribution in [3.05, 3.63) is 35.4 Å². The molecule has 0 spiro atoms. The van der Waals surface area contributed by atoms with Crippen molar-refractivity contribution in [1.82, 2.24) is 0 Å². The topological polar surface area (TPSA) is 71.1 Å². The highest BCUT2D eigenvalue weighted by Gasteiger charge is 2.30. The Hall–Kier alpha value is -2.50. The van der Waals surface area contributed by atoms with Crippen molar-refractivity contribution in [1.29, 1.82) is 0 Å². The summed E-state index contributed by atoms with van der Waals surface area (Å²) in [6.45, 7) is 11.0. The van der Waals surface area contributed by atoms with Gasteiger partial charge in [0.05, 0.1) is 6.42 Å². The monoisotopic (exact) mass is 458 g/mol. The standard InChI is InChI=1S/C27H38O6/c1-17(2)12-20(13-18(3)4)7-8-21-15-22(31-27(21)29)16-30-25(28)10-11-26-32-23-9-6-19(5)14-24(23)33-26/h6,8-9,14,17-18,20,22,26H,7,10-13,15-16H2,1-5H3/b21-8+. The van der Waals surface area contributed by atoms with Gasteiger partial charge in [-0.15, -0.1) is 0 Å². The first kappa shape index (κ1) is 25.1. The van der Waals surface area contributed by atoms with E-state index >= 15 is 0 Å². The van der Waals surface area contributed by atoms with Gasteiger partial charge in [-0.1, -0.05) is 39.8 Å². The fourth-order valence-corrected chi connectivity index (χ4v) is 4.51. The highest BCUT2D eigenvalue weighted by molar-refractivity contribution is 5.90. The number of hydrogen-bond donors (Lipinski definition) is 0. The van der Waals surface area contributed by atoms with Crippen LogP contribution in [0.1, 0.15) is 71.8 Å². The summed E-state index contributed by atoms with van der Waals surface area (Å²) in [6, 6.07) is 5.75. The number of allylic oxidation sites excluding steroid dienone is 1. The zero-order valence-electron chi connectivity index (χ0n) is 20.6. The van der Waals surface area contributed by atoms with Gasteiger partial charge < -0.3 is 18.9 Å². The summed E-state index contributed by atoms with van der Waals surface area (Å²) in [7, 11) is 0. The minimum Gasteiger partial charge on any atom is -0.462 e. The van der Waals surface area contributed by atoms with E-state index in [-0.39, 0.29) is 25.0 Å². The Balaban J connectivity index is 1.39. The summed E-state index contributed by atoms with van der Waals surface area (Å²) in [4.78, 5) is 24.4. The predicted molar refractivity (Wildman–Crippen MR) is 126 cm³/mol. The van der Waals surface area contributed by atoms with Gasteiger partial charge in [0.15, 0.2) is 11.5 Å². The van der Waals surface area contributed by atoms with E-state index in [9.17, 15) is 9.59 Å². The lowest BCUT2D eigenvalue weighted by molar-refractivity contribution is -0.153. The van der Waals surface area contributed by atoms with E-state index in [1.54, 1.807) is 0 Å². The minimum atomic E-state index is -0.488. The summed E-state index contributed by atoms with van der Waals surface area (Å²) in [5.41, 5.74) is 1.79. The maximum absolute atomic E-state index is 12.3. The second-order valence-electron chi connectivity index (χ2n) is 10.2. The van der Waals surface area contributed by atoms with Gasteiger partial charge in [-0.3, -0.25) is 4.79 Å². The highest BCUT2D eigenvalue weighted by Crippen LogP contribution is 2.36. The fraction of sp³-hybridized carbons (Fsp3) is 0.630. The lowest BCUT2D eigenvalue weighted by Gasteiger charge is -2.19. The van der Waals surface area contributed by atoms with Crippen molar-refractivity contribution < 1.29 is 28.5 Å². The Morgan fingerprint density at radius 3 is 2.48 bits per heavy atom. The van der Waals surface area contributed by atoms with Crippen LogP contribution in [-0.2, 0) is 19.1 Å². The predicted octanol–water partition coefficient (Wildman–Crippen LogP) is 5.76. The zero-order valence-corrected chi connectivity index (χ0v) is 20.6. The molecule has 1 fully saturated rings. The van der Waals surface area contributed by atoms with Crippen molar-refractivity contribution >= 4 is 11.9 Å². The van der Waals surface area contributed by atoms with E-state index in [0.29, 0.717) is 47.7 Å². The summed E-state index contributed by atoms with van der Waals surface area (Å²) < 4.78 is 22.2. The van der Waals surface area contributed by atoms with Gasteiger partial charge in [-0.2, -0.15) is 0 Å². The Morgan fingerprint density at radius 1 is 1.09 bits per heavy atom. The second-order valence-corrected chi connectivity index (χ2v) is 10.2. The number of aryl methyl sites for hydroxylation is 1. The molecule has 33 heavy (non-hydrogen) atoms. The maximum Gasteiger partial charge on any atom is 0.334 e. The van der Waals surface area contributed by atoms with Crippen LogP contribution in [-0.4, -0.2) is 30.9 Å². The summed E-state index contributed by atoms with van der Waals surface area (Å²) in [5, 5.41) is 0. The first-order valence-electron chi connectivity index (χ1n) is 12.2. The van der Waals surface area contributed by atoms with Crippen LogP contribution in [0.3, 0.4) is 0 Å². The molecule has 182 valence electrons. The van der Waals surface area contributed by atoms with Gasteiger partial charge in [0.1, 0.15) is 12.7 Å². The molecule has 0 amide bonds. The van der Waals surface area contributed by atoms with Crippen molar-refractivity contribution in [2.45, 2.75) is 85.5 Å². The lowest BCUT2D eigenvalue weighted by Crippen LogP contribution is -2.22. The summed E-state index contributed by atoms with van der Waals surface area (Å²) in [6.07, 6.45) is 5.39. The number of hydrogen-bond acceptors (Lipinski definition) is 6. The molecular formula is C27H38O6. The lowest BCUT2D eigenvalue weighted by atomic mass is 9.86. The first-order chi connectivity index (χ1) is 15.7. The van der Waals surface area contributed by atoms with Crippen LogP contribution >= 0.6 is 0 Å². The maximum atomic E-state index is 12.3. The van der Waals surface area contributed by atoms with Gasteiger partial charge >= 0.3 is 11.9 Å². The molecule has 2 aliphatic rings. The molecule has 1 aromatic carbocycles. The van der Waals surface area contributed by atoms with Crippen molar-refractivity contribution in [2.75, 3.05) is 6.61 Å². The fourth-order valence-electron chi connectivity index (χ4n) is 4.51. The second kappa shape index (κ2) is 11.6. The van der Waals surface area contributed by atoms with Crippen molar-refractivity contribution in [3.63, 3.8) is 0 Å². The van der Waals surface area contributed by atoms with Crippen LogP contribution in [0.5, 0.6) is 11.5 Å². The van der Waals surface area contributed by atoms with Crippen LogP contribution in [0.4, 0.5) is 0 Å². The number of carbonyl (C=O) groups is 2. The Kier molecular flexibility index (Phi) is 8.81. The third-order valence-corrected chi connectivity index (χ3v) is 5.92. The van der Waals surface area contributed by atoms with Crippen LogP contribution in [0, 0.1) is 24.7 Å². The number of esters is 2. The van der Waals surface area contributed by atoms with Gasteiger partial charge in [-0.25, -0.2) is 4.79 Å². The molecule has 2 unspecified atom stereocenters. The molecule has 1 saturated heterocycles. The molecule has 1 aromatic rings. The van der Waals surface area contributed by atoms with Crippen molar-refractivity contribution in [2.24, 2.45) is 17.8 Å². The van der Waals surface area contributed by atoms with E-state index in [4.69, 9.17) is 18.9 Å². The number of fused-ring (bicyclic) bond motifs is 1. The quantitative estimate of drug-likeness (QED) is 0.310. The highest BCUT2D eigenvalue weighted by atomic mass is 16.7. The average Bonchev–Trinajstić information content (AvgIpc) is 3.30. The first-order valence-corrected chi connectivity index (χ1v) is 12.2. The van der Waals surface area contributed by atoms with E-state index in [2.05, 4.69) is 27.7 Å². The largest absolute Gasteiger partial charge is 0.462 e. The Morgan fingerprint density at radius 2 is 1.79 bits per heavy atom. The average molecular weight is 459 g/mol. The Bertz CT molecular complexity index is 846. The normalized spacial score (nSPS) is 20.8. The molecule has 2 heterocycles. The van der Waals surface area contributed by atoms with Crippen LogP contribution in [0.2, 0.25) is 0 Å². The summed E-state index contributed by atoms with van der Waals surface area (Å²) in [5.74, 6) is 2.59. The van der Waals surface area contributed by atoms with Crippen LogP contribution in [0.25, 0.3) is 0 Å². The minimum absolute atomic E-state index is 0.0785. The smallest absolute Gasteiger partial charge is 0.334 e. The van der Waals surface area contributed by atoms with E-state index in [1.807, 2.05) is 31.2 Å². The third kappa shape index (κ3) is 7.79. The van der Waals surface area contributed by atoms with E-state index in [0.717, 1.165) is 24.8 Å². The number of cyclic esters (lactones) is 1. The molecule has 0 saturated carbocycles. The van der Waals surface area contributed by atoms with E-state index < -0.39 is 12.4 Å². The van der Waals surface area contributed by atoms with Gasteiger partial charge in [0.2, 0.25) is 6.29 Å². The third-order valence-electron chi connectivity index (χ3n) is 5.92. The van der Waals surface area contributed by atoms with Gasteiger partial charge in [0, 0.05) is 18.4 Å². The van der Waals surface area contributed by atoms with Crippen molar-refractivity contribution in [3.8, 4) is 11.5 Å². The molecule has 2 atom stereocenters. The molecule has 0 aromatic heterocycles. The Labute approximate surface area is 197 Å². The SMILES string of the molecule is Cc1ccc2c(c1)OC(CCC(=O)OCC1C/C(=C\CC(CC(C)C)CC(C)C)C(=O)O1)O2. The summed E-state index contributed by atoms with van der Waals surface area (Å²) >= 11 is 0. The van der Waals surface area contributed by atoms with E-state index in [1.165, 1.54) is 0 Å². The molecule has 6 nitrogen and oxygen atoms in total. The van der Waals surface area contributed by atoms with Crippen LogP contribution in [0.15, 0.2) is 29.8 Å². The molecule has 0 aliphatic carbocycles. The number of ether oxygens (including phenoxy) is 4. The molecule has 0 bridgehead atoms. The number of rotatable bonds is 11. The molecule has 0 N–H and O–H groups in total. The molecule has 0 radical (unpaired) electrons. The van der Waals surface area contributed by atoms with Crippen LogP contribution < -0.4 is 9.47 Å². The number of benzene rings is 1. The van der Waals surface area contributed by atoms with Gasteiger partial charge in [0.25, 0.3) is 0 Å². The molecule has 6 heteroatoms. The molecular weight excluding hydrogens is 420 g/mol. The molecule has 2 aliphatic heterocycles. The zero-order chi connectivity index (χ0) is 24.0. The van der Waals surface area contributed by atoms with Gasteiger partial charge in [-0.05, 0) is 61.6 Å². The number of carbonyl (C=O) groups excluding carboxylic acids is 2.